The summed E-state index contributed by atoms with van der Waals surface area (Å²) in [5.41, 5.74) is 3.55. The summed E-state index contributed by atoms with van der Waals surface area (Å²) in [7, 11) is 0. The first-order valence-electron chi connectivity index (χ1n) is 4.74. The predicted octanol–water partition coefficient (Wildman–Crippen LogP) is 1.68. The molecule has 0 aliphatic carbocycles. The van der Waals surface area contributed by atoms with E-state index in [0.29, 0.717) is 0 Å². The second-order valence-corrected chi connectivity index (χ2v) is 3.48. The lowest BCUT2D eigenvalue weighted by Gasteiger charge is -2.13. The first-order chi connectivity index (χ1) is 8.43. The number of hydrogen-bond donors (Lipinski definition) is 1. The lowest BCUT2D eigenvalue weighted by molar-refractivity contribution is -0.136. The fourth-order valence-corrected chi connectivity index (χ4v) is 1.48. The van der Waals surface area contributed by atoms with E-state index in [1.54, 1.807) is 0 Å². The molecule has 0 atom stereocenters. The second-order valence-electron chi connectivity index (χ2n) is 3.48. The zero-order valence-corrected chi connectivity index (χ0v) is 8.85. The Labute approximate surface area is 99.0 Å². The number of anilines is 1. The lowest BCUT2D eigenvalue weighted by atomic mass is 10.1. The van der Waals surface area contributed by atoms with Crippen LogP contribution in [0.15, 0.2) is 24.8 Å². The molecule has 8 heteroatoms. The van der Waals surface area contributed by atoms with Crippen molar-refractivity contribution in [2.45, 2.75) is 6.18 Å². The molecule has 0 bridgehead atoms. The third kappa shape index (κ3) is 2.04. The molecule has 0 saturated carbocycles. The standard InChI is InChI=1S/C10H7F3N4O/c11-10(12,13)8-2-7(17-4-15-16-5-17)1-6(3-18)9(8)14/h1-5H,14H2. The SMILES string of the molecule is Nc1c(C=O)cc(-n2cnnc2)cc1C(F)(F)F. The number of alkyl halides is 3. The van der Waals surface area contributed by atoms with E-state index in [0.717, 1.165) is 6.07 Å². The number of halogens is 3. The van der Waals surface area contributed by atoms with Crippen molar-refractivity contribution in [2.75, 3.05) is 5.73 Å². The second kappa shape index (κ2) is 4.13. The van der Waals surface area contributed by atoms with Crippen LogP contribution in [-0.2, 0) is 6.18 Å². The molecular formula is C10H7F3N4O. The molecule has 0 amide bonds. The van der Waals surface area contributed by atoms with Crippen molar-refractivity contribution in [3.05, 3.63) is 35.9 Å². The summed E-state index contributed by atoms with van der Waals surface area (Å²) in [6.07, 6.45) is -1.91. The molecular weight excluding hydrogens is 249 g/mol. The molecule has 0 aliphatic rings. The Kier molecular flexibility index (Phi) is 2.77. The molecule has 2 rings (SSSR count). The summed E-state index contributed by atoms with van der Waals surface area (Å²) in [4.78, 5) is 10.7. The summed E-state index contributed by atoms with van der Waals surface area (Å²) in [6.45, 7) is 0. The Morgan fingerprint density at radius 3 is 2.33 bits per heavy atom. The summed E-state index contributed by atoms with van der Waals surface area (Å²) >= 11 is 0. The van der Waals surface area contributed by atoms with E-state index in [1.807, 2.05) is 0 Å². The molecule has 2 aromatic rings. The van der Waals surface area contributed by atoms with Crippen LogP contribution in [0.2, 0.25) is 0 Å². The first kappa shape index (κ1) is 12.1. The van der Waals surface area contributed by atoms with Crippen LogP contribution in [0, 0.1) is 0 Å². The third-order valence-electron chi connectivity index (χ3n) is 2.35. The van der Waals surface area contributed by atoms with E-state index in [2.05, 4.69) is 10.2 Å². The number of benzene rings is 1. The maximum atomic E-state index is 12.8. The molecule has 0 unspecified atom stereocenters. The number of rotatable bonds is 2. The van der Waals surface area contributed by atoms with E-state index in [9.17, 15) is 18.0 Å². The van der Waals surface area contributed by atoms with Gasteiger partial charge in [0, 0.05) is 11.3 Å². The molecule has 18 heavy (non-hydrogen) atoms. The van der Waals surface area contributed by atoms with Gasteiger partial charge in [-0.3, -0.25) is 9.36 Å². The number of carbonyl (C=O) groups excluding carboxylic acids is 1. The van der Waals surface area contributed by atoms with E-state index in [-0.39, 0.29) is 17.5 Å². The molecule has 1 aromatic carbocycles. The van der Waals surface area contributed by atoms with Crippen molar-refractivity contribution in [1.82, 2.24) is 14.8 Å². The van der Waals surface area contributed by atoms with E-state index in [1.165, 1.54) is 23.3 Å². The summed E-state index contributed by atoms with van der Waals surface area (Å²) < 4.78 is 39.5. The van der Waals surface area contributed by atoms with Gasteiger partial charge in [0.25, 0.3) is 0 Å². The van der Waals surface area contributed by atoms with Gasteiger partial charge in [0.2, 0.25) is 0 Å². The van der Waals surface area contributed by atoms with Gasteiger partial charge in [-0.15, -0.1) is 10.2 Å². The topological polar surface area (TPSA) is 73.8 Å². The smallest absolute Gasteiger partial charge is 0.398 e. The highest BCUT2D eigenvalue weighted by Gasteiger charge is 2.34. The Morgan fingerprint density at radius 2 is 1.83 bits per heavy atom. The Balaban J connectivity index is 2.68. The molecule has 5 nitrogen and oxygen atoms in total. The maximum absolute atomic E-state index is 12.8. The fourth-order valence-electron chi connectivity index (χ4n) is 1.48. The van der Waals surface area contributed by atoms with Crippen molar-refractivity contribution in [2.24, 2.45) is 0 Å². The van der Waals surface area contributed by atoms with Gasteiger partial charge in [-0.2, -0.15) is 13.2 Å². The largest absolute Gasteiger partial charge is 0.418 e. The highest BCUT2D eigenvalue weighted by molar-refractivity contribution is 5.86. The number of hydrogen-bond acceptors (Lipinski definition) is 4. The molecule has 0 radical (unpaired) electrons. The minimum absolute atomic E-state index is 0.114. The number of aldehydes is 1. The average Bonchev–Trinajstić information content (AvgIpc) is 2.81. The zero-order valence-electron chi connectivity index (χ0n) is 8.85. The molecule has 1 heterocycles. The maximum Gasteiger partial charge on any atom is 0.418 e. The molecule has 0 aliphatic heterocycles. The molecule has 0 saturated heterocycles. The Morgan fingerprint density at radius 1 is 1.22 bits per heavy atom. The molecule has 94 valence electrons. The van der Waals surface area contributed by atoms with Gasteiger partial charge >= 0.3 is 6.18 Å². The van der Waals surface area contributed by atoms with Crippen LogP contribution < -0.4 is 5.73 Å². The highest BCUT2D eigenvalue weighted by atomic mass is 19.4. The summed E-state index contributed by atoms with van der Waals surface area (Å²) in [5.74, 6) is 0. The number of nitrogens with two attached hydrogens (primary N) is 1. The normalized spacial score (nSPS) is 11.5. The van der Waals surface area contributed by atoms with Crippen molar-refractivity contribution in [3.63, 3.8) is 0 Å². The van der Waals surface area contributed by atoms with Gasteiger partial charge in [-0.25, -0.2) is 0 Å². The van der Waals surface area contributed by atoms with Crippen molar-refractivity contribution >= 4 is 12.0 Å². The summed E-state index contributed by atoms with van der Waals surface area (Å²) in [6, 6.07) is 2.08. The quantitative estimate of drug-likeness (QED) is 0.655. The monoisotopic (exact) mass is 256 g/mol. The number of nitrogen functional groups attached to an aromatic ring is 1. The van der Waals surface area contributed by atoms with Gasteiger partial charge < -0.3 is 5.73 Å². The van der Waals surface area contributed by atoms with Crippen LogP contribution in [0.4, 0.5) is 18.9 Å². The minimum Gasteiger partial charge on any atom is -0.398 e. The third-order valence-corrected chi connectivity index (χ3v) is 2.35. The van der Waals surface area contributed by atoms with Crippen molar-refractivity contribution in [1.29, 1.82) is 0 Å². The van der Waals surface area contributed by atoms with Crippen LogP contribution in [0.5, 0.6) is 0 Å². The minimum atomic E-state index is -4.63. The van der Waals surface area contributed by atoms with E-state index >= 15 is 0 Å². The van der Waals surface area contributed by atoms with Crippen LogP contribution >= 0.6 is 0 Å². The average molecular weight is 256 g/mol. The molecule has 0 spiro atoms. The lowest BCUT2D eigenvalue weighted by Crippen LogP contribution is -2.12. The summed E-state index contributed by atoms with van der Waals surface area (Å²) in [5, 5.41) is 6.96. The van der Waals surface area contributed by atoms with Gasteiger partial charge in [0.1, 0.15) is 12.7 Å². The van der Waals surface area contributed by atoms with Crippen LogP contribution in [-0.4, -0.2) is 21.1 Å². The van der Waals surface area contributed by atoms with Gasteiger partial charge in [-0.1, -0.05) is 0 Å². The molecule has 0 fully saturated rings. The number of carbonyl (C=O) groups is 1. The Hall–Kier alpha value is -2.38. The highest BCUT2D eigenvalue weighted by Crippen LogP contribution is 2.36. The molecule has 2 N–H and O–H groups in total. The predicted molar refractivity (Wildman–Crippen MR) is 56.2 cm³/mol. The Bertz CT molecular complexity index is 578. The number of nitrogens with zero attached hydrogens (tertiary/aromatic N) is 3. The molecule has 1 aromatic heterocycles. The van der Waals surface area contributed by atoms with E-state index in [4.69, 9.17) is 5.73 Å². The van der Waals surface area contributed by atoms with Crippen LogP contribution in [0.25, 0.3) is 5.69 Å². The first-order valence-corrected chi connectivity index (χ1v) is 4.74. The van der Waals surface area contributed by atoms with E-state index < -0.39 is 17.4 Å². The van der Waals surface area contributed by atoms with Gasteiger partial charge in [0.05, 0.1) is 11.3 Å². The number of aromatic nitrogens is 3. The van der Waals surface area contributed by atoms with Crippen molar-refractivity contribution in [3.8, 4) is 5.69 Å². The van der Waals surface area contributed by atoms with Crippen LogP contribution in [0.3, 0.4) is 0 Å². The fraction of sp³-hybridized carbons (Fsp3) is 0.100. The zero-order chi connectivity index (χ0) is 13.3. The van der Waals surface area contributed by atoms with Gasteiger partial charge in [0.15, 0.2) is 6.29 Å². The van der Waals surface area contributed by atoms with Crippen LogP contribution in [0.1, 0.15) is 15.9 Å². The van der Waals surface area contributed by atoms with Crippen molar-refractivity contribution < 1.29 is 18.0 Å². The van der Waals surface area contributed by atoms with Gasteiger partial charge in [-0.05, 0) is 12.1 Å².